The van der Waals surface area contributed by atoms with E-state index in [9.17, 15) is 4.79 Å². The molecule has 0 aliphatic heterocycles. The van der Waals surface area contributed by atoms with Crippen molar-refractivity contribution >= 4 is 11.6 Å². The molecule has 1 fully saturated rings. The lowest BCUT2D eigenvalue weighted by Crippen LogP contribution is -2.37. The summed E-state index contributed by atoms with van der Waals surface area (Å²) in [7, 11) is 0. The van der Waals surface area contributed by atoms with Gasteiger partial charge < -0.3 is 10.6 Å². The molecule has 3 heteroatoms. The maximum Gasteiger partial charge on any atom is 0.253 e. The SMILES string of the molecule is CCNc1cc(C)ccc1C(=O)NC(C)C1CCCC1. The average molecular weight is 274 g/mol. The van der Waals surface area contributed by atoms with Crippen molar-refractivity contribution in [3.05, 3.63) is 29.3 Å². The van der Waals surface area contributed by atoms with E-state index in [2.05, 4.69) is 17.6 Å². The van der Waals surface area contributed by atoms with Crippen molar-refractivity contribution in [1.29, 1.82) is 0 Å². The van der Waals surface area contributed by atoms with Crippen LogP contribution in [0.3, 0.4) is 0 Å². The van der Waals surface area contributed by atoms with Crippen molar-refractivity contribution < 1.29 is 4.79 Å². The van der Waals surface area contributed by atoms with Crippen LogP contribution in [0, 0.1) is 12.8 Å². The van der Waals surface area contributed by atoms with Gasteiger partial charge in [-0.1, -0.05) is 18.9 Å². The van der Waals surface area contributed by atoms with Gasteiger partial charge in [-0.25, -0.2) is 0 Å². The predicted octanol–water partition coefficient (Wildman–Crippen LogP) is 3.74. The molecule has 0 heterocycles. The van der Waals surface area contributed by atoms with Crippen LogP contribution in [0.4, 0.5) is 5.69 Å². The number of rotatable bonds is 5. The van der Waals surface area contributed by atoms with Gasteiger partial charge in [0.15, 0.2) is 0 Å². The molecule has 1 aliphatic rings. The Morgan fingerprint density at radius 2 is 2.05 bits per heavy atom. The third-order valence-electron chi connectivity index (χ3n) is 4.25. The summed E-state index contributed by atoms with van der Waals surface area (Å²) in [5.41, 5.74) is 2.85. The monoisotopic (exact) mass is 274 g/mol. The second kappa shape index (κ2) is 6.78. The summed E-state index contributed by atoms with van der Waals surface area (Å²) in [6.07, 6.45) is 5.10. The number of hydrogen-bond acceptors (Lipinski definition) is 2. The van der Waals surface area contributed by atoms with Crippen molar-refractivity contribution in [2.45, 2.75) is 52.5 Å². The molecule has 1 aliphatic carbocycles. The smallest absolute Gasteiger partial charge is 0.253 e. The van der Waals surface area contributed by atoms with Gasteiger partial charge in [0.25, 0.3) is 5.91 Å². The van der Waals surface area contributed by atoms with Crippen LogP contribution < -0.4 is 10.6 Å². The summed E-state index contributed by atoms with van der Waals surface area (Å²) in [4.78, 5) is 12.5. The lowest BCUT2D eigenvalue weighted by molar-refractivity contribution is 0.0928. The average Bonchev–Trinajstić information content (AvgIpc) is 2.93. The van der Waals surface area contributed by atoms with Gasteiger partial charge in [-0.15, -0.1) is 0 Å². The first-order valence-corrected chi connectivity index (χ1v) is 7.77. The highest BCUT2D eigenvalue weighted by molar-refractivity contribution is 5.99. The lowest BCUT2D eigenvalue weighted by Gasteiger charge is -2.21. The van der Waals surface area contributed by atoms with Gasteiger partial charge in [0.05, 0.1) is 5.56 Å². The summed E-state index contributed by atoms with van der Waals surface area (Å²) >= 11 is 0. The lowest BCUT2D eigenvalue weighted by atomic mass is 9.99. The largest absolute Gasteiger partial charge is 0.385 e. The molecule has 1 unspecified atom stereocenters. The van der Waals surface area contributed by atoms with Crippen LogP contribution >= 0.6 is 0 Å². The van der Waals surface area contributed by atoms with Crippen LogP contribution in [0.15, 0.2) is 18.2 Å². The van der Waals surface area contributed by atoms with E-state index in [1.165, 1.54) is 31.2 Å². The van der Waals surface area contributed by atoms with Crippen molar-refractivity contribution in [3.8, 4) is 0 Å². The Kier molecular flexibility index (Phi) is 5.05. The number of hydrogen-bond donors (Lipinski definition) is 2. The van der Waals surface area contributed by atoms with E-state index in [1.807, 2.05) is 32.0 Å². The van der Waals surface area contributed by atoms with E-state index in [4.69, 9.17) is 0 Å². The first-order chi connectivity index (χ1) is 9.61. The molecule has 0 saturated heterocycles. The number of anilines is 1. The van der Waals surface area contributed by atoms with Crippen LogP contribution in [-0.4, -0.2) is 18.5 Å². The maximum absolute atomic E-state index is 12.5. The first-order valence-electron chi connectivity index (χ1n) is 7.77. The van der Waals surface area contributed by atoms with Gasteiger partial charge in [-0.3, -0.25) is 4.79 Å². The highest BCUT2D eigenvalue weighted by atomic mass is 16.1. The summed E-state index contributed by atoms with van der Waals surface area (Å²) in [5, 5.41) is 6.46. The second-order valence-corrected chi connectivity index (χ2v) is 5.89. The molecular weight excluding hydrogens is 248 g/mol. The van der Waals surface area contributed by atoms with Crippen LogP contribution in [0.5, 0.6) is 0 Å². The second-order valence-electron chi connectivity index (χ2n) is 5.89. The number of nitrogens with one attached hydrogen (secondary N) is 2. The fraction of sp³-hybridized carbons (Fsp3) is 0.588. The molecular formula is C17H26N2O. The normalized spacial score (nSPS) is 16.9. The predicted molar refractivity (Wildman–Crippen MR) is 84.2 cm³/mol. The molecule has 20 heavy (non-hydrogen) atoms. The van der Waals surface area contributed by atoms with Gasteiger partial charge in [0.1, 0.15) is 0 Å². The molecule has 1 aromatic rings. The van der Waals surface area contributed by atoms with Crippen LogP contribution in [0.25, 0.3) is 0 Å². The standard InChI is InChI=1S/C17H26N2O/c1-4-18-16-11-12(2)9-10-15(16)17(20)19-13(3)14-7-5-6-8-14/h9-11,13-14,18H,4-8H2,1-3H3,(H,19,20). The topological polar surface area (TPSA) is 41.1 Å². The molecule has 0 radical (unpaired) electrons. The maximum atomic E-state index is 12.5. The van der Waals surface area contributed by atoms with E-state index >= 15 is 0 Å². The summed E-state index contributed by atoms with van der Waals surface area (Å²) in [6.45, 7) is 7.05. The minimum Gasteiger partial charge on any atom is -0.385 e. The van der Waals surface area contributed by atoms with E-state index in [0.29, 0.717) is 5.92 Å². The molecule has 1 atom stereocenters. The van der Waals surface area contributed by atoms with Crippen LogP contribution in [0.2, 0.25) is 0 Å². The Morgan fingerprint density at radius 3 is 2.70 bits per heavy atom. The van der Waals surface area contributed by atoms with Crippen LogP contribution in [-0.2, 0) is 0 Å². The fourth-order valence-electron chi connectivity index (χ4n) is 3.05. The third-order valence-corrected chi connectivity index (χ3v) is 4.25. The zero-order valence-electron chi connectivity index (χ0n) is 12.8. The summed E-state index contributed by atoms with van der Waals surface area (Å²) in [5.74, 6) is 0.687. The van der Waals surface area contributed by atoms with Crippen molar-refractivity contribution in [2.75, 3.05) is 11.9 Å². The molecule has 1 amide bonds. The Hall–Kier alpha value is -1.51. The zero-order chi connectivity index (χ0) is 14.5. The van der Waals surface area contributed by atoms with Crippen molar-refractivity contribution in [3.63, 3.8) is 0 Å². The number of carbonyl (C=O) groups is 1. The first kappa shape index (κ1) is 14.9. The molecule has 110 valence electrons. The number of aryl methyl sites for hydroxylation is 1. The Labute approximate surface area is 122 Å². The number of benzene rings is 1. The van der Waals surface area contributed by atoms with E-state index < -0.39 is 0 Å². The summed E-state index contributed by atoms with van der Waals surface area (Å²) < 4.78 is 0. The Balaban J connectivity index is 2.07. The molecule has 1 saturated carbocycles. The molecule has 1 aromatic carbocycles. The number of carbonyl (C=O) groups excluding carboxylic acids is 1. The van der Waals surface area contributed by atoms with Gasteiger partial charge in [0.2, 0.25) is 0 Å². The van der Waals surface area contributed by atoms with Gasteiger partial charge in [-0.05, 0) is 57.2 Å². The van der Waals surface area contributed by atoms with E-state index in [-0.39, 0.29) is 11.9 Å². The van der Waals surface area contributed by atoms with Gasteiger partial charge >= 0.3 is 0 Å². The van der Waals surface area contributed by atoms with Crippen molar-refractivity contribution in [1.82, 2.24) is 5.32 Å². The van der Waals surface area contributed by atoms with E-state index in [0.717, 1.165) is 17.8 Å². The minimum absolute atomic E-state index is 0.0420. The molecule has 3 nitrogen and oxygen atoms in total. The fourth-order valence-corrected chi connectivity index (χ4v) is 3.05. The minimum atomic E-state index is 0.0420. The molecule has 2 rings (SSSR count). The number of amides is 1. The summed E-state index contributed by atoms with van der Waals surface area (Å²) in [6, 6.07) is 6.22. The van der Waals surface area contributed by atoms with Gasteiger partial charge in [0, 0.05) is 18.3 Å². The quantitative estimate of drug-likeness (QED) is 0.859. The highest BCUT2D eigenvalue weighted by Crippen LogP contribution is 2.28. The Bertz CT molecular complexity index is 464. The Morgan fingerprint density at radius 1 is 1.35 bits per heavy atom. The van der Waals surface area contributed by atoms with Gasteiger partial charge in [-0.2, -0.15) is 0 Å². The van der Waals surface area contributed by atoms with E-state index in [1.54, 1.807) is 0 Å². The van der Waals surface area contributed by atoms with Crippen molar-refractivity contribution in [2.24, 2.45) is 5.92 Å². The third kappa shape index (κ3) is 3.53. The molecule has 0 bridgehead atoms. The molecule has 2 N–H and O–H groups in total. The zero-order valence-corrected chi connectivity index (χ0v) is 12.8. The molecule has 0 aromatic heterocycles. The van der Waals surface area contributed by atoms with Crippen LogP contribution in [0.1, 0.15) is 55.5 Å². The molecule has 0 spiro atoms. The highest BCUT2D eigenvalue weighted by Gasteiger charge is 2.23.